The van der Waals surface area contributed by atoms with Crippen molar-refractivity contribution in [3.05, 3.63) is 16.8 Å². The Morgan fingerprint density at radius 2 is 2.56 bits per heavy atom. The Labute approximate surface area is 63.1 Å². The zero-order valence-corrected chi connectivity index (χ0v) is 6.28. The summed E-state index contributed by atoms with van der Waals surface area (Å²) in [6.45, 7) is 0. The molecule has 0 amide bonds. The van der Waals surface area contributed by atoms with E-state index >= 15 is 0 Å². The van der Waals surface area contributed by atoms with Crippen molar-refractivity contribution in [1.29, 1.82) is 0 Å². The summed E-state index contributed by atoms with van der Waals surface area (Å²) in [7, 11) is 0. The summed E-state index contributed by atoms with van der Waals surface area (Å²) in [5.74, 6) is 0. The first kappa shape index (κ1) is 6.58. The van der Waals surface area contributed by atoms with Crippen molar-refractivity contribution in [2.45, 2.75) is 0 Å². The van der Waals surface area contributed by atoms with Crippen LogP contribution in [-0.4, -0.2) is 11.6 Å². The average Bonchev–Trinajstić information content (AvgIpc) is 2.34. The van der Waals surface area contributed by atoms with E-state index in [1.807, 2.05) is 16.8 Å². The molecule has 0 bridgehead atoms. The van der Waals surface area contributed by atoms with Crippen LogP contribution < -0.4 is 0 Å². The van der Waals surface area contributed by atoms with Gasteiger partial charge in [0, 0.05) is 17.0 Å². The molecule has 0 aliphatic rings. The maximum absolute atomic E-state index is 4.55. The van der Waals surface area contributed by atoms with E-state index < -0.39 is 0 Å². The summed E-state index contributed by atoms with van der Waals surface area (Å²) in [6.07, 6.45) is 1.61. The molecule has 3 heteroatoms. The second-order valence-electron chi connectivity index (χ2n) is 1.40. The number of aliphatic imine (C=N–C) groups is 1. The number of hydrogen-bond acceptors (Lipinski definition) is 3. The van der Waals surface area contributed by atoms with Gasteiger partial charge in [-0.15, -0.1) is 0 Å². The van der Waals surface area contributed by atoms with Crippen molar-refractivity contribution in [3.8, 4) is 0 Å². The molecule has 46 valence electrons. The van der Waals surface area contributed by atoms with Crippen LogP contribution in [0.15, 0.2) is 21.8 Å². The zero-order valence-electron chi connectivity index (χ0n) is 4.65. The Hall–Kier alpha value is -0.540. The highest BCUT2D eigenvalue weighted by Crippen LogP contribution is 2.14. The van der Waals surface area contributed by atoms with Crippen molar-refractivity contribution < 1.29 is 0 Å². The Bertz CT molecular complexity index is 201. The van der Waals surface area contributed by atoms with Crippen LogP contribution >= 0.6 is 23.6 Å². The number of hydrogen-bond donors (Lipinski definition) is 0. The SMILES string of the molecule is S=CC=Nc1ccsc1. The summed E-state index contributed by atoms with van der Waals surface area (Å²) in [4.78, 5) is 4.01. The van der Waals surface area contributed by atoms with Crippen molar-refractivity contribution in [2.75, 3.05) is 0 Å². The summed E-state index contributed by atoms with van der Waals surface area (Å²) >= 11 is 6.18. The van der Waals surface area contributed by atoms with Gasteiger partial charge in [0.25, 0.3) is 0 Å². The molecule has 0 spiro atoms. The molecule has 0 aliphatic heterocycles. The molecule has 0 saturated carbocycles. The van der Waals surface area contributed by atoms with Crippen LogP contribution in [0.4, 0.5) is 5.69 Å². The van der Waals surface area contributed by atoms with Crippen molar-refractivity contribution >= 4 is 40.8 Å². The molecule has 1 aromatic rings. The Morgan fingerprint density at radius 3 is 3.11 bits per heavy atom. The first-order valence-electron chi connectivity index (χ1n) is 2.43. The lowest BCUT2D eigenvalue weighted by atomic mass is 10.5. The summed E-state index contributed by atoms with van der Waals surface area (Å²) in [5, 5.41) is 5.45. The third-order valence-electron chi connectivity index (χ3n) is 0.791. The second-order valence-corrected chi connectivity index (χ2v) is 2.45. The predicted molar refractivity (Wildman–Crippen MR) is 46.1 cm³/mol. The van der Waals surface area contributed by atoms with E-state index in [0.29, 0.717) is 0 Å². The molecule has 0 aliphatic carbocycles. The molecule has 9 heavy (non-hydrogen) atoms. The fourth-order valence-corrected chi connectivity index (χ4v) is 1.08. The van der Waals surface area contributed by atoms with Gasteiger partial charge in [0.2, 0.25) is 0 Å². The molecular formula is C6H5NS2. The van der Waals surface area contributed by atoms with Gasteiger partial charge in [-0.05, 0) is 11.4 Å². The third-order valence-corrected chi connectivity index (χ3v) is 1.58. The molecule has 1 heterocycles. The van der Waals surface area contributed by atoms with Gasteiger partial charge in [-0.1, -0.05) is 12.2 Å². The highest BCUT2D eigenvalue weighted by molar-refractivity contribution is 7.80. The number of thiophene rings is 1. The van der Waals surface area contributed by atoms with Gasteiger partial charge >= 0.3 is 0 Å². The highest BCUT2D eigenvalue weighted by Gasteiger charge is 1.81. The lowest BCUT2D eigenvalue weighted by molar-refractivity contribution is 1.62. The lowest BCUT2D eigenvalue weighted by Crippen LogP contribution is -1.64. The monoisotopic (exact) mass is 155 g/mol. The minimum absolute atomic E-state index is 0.973. The van der Waals surface area contributed by atoms with Gasteiger partial charge in [0.05, 0.1) is 5.69 Å². The largest absolute Gasteiger partial charge is 0.255 e. The van der Waals surface area contributed by atoms with E-state index in [2.05, 4.69) is 17.2 Å². The van der Waals surface area contributed by atoms with E-state index in [1.54, 1.807) is 17.6 Å². The van der Waals surface area contributed by atoms with Crippen molar-refractivity contribution in [1.82, 2.24) is 0 Å². The van der Waals surface area contributed by atoms with Gasteiger partial charge < -0.3 is 0 Å². The summed E-state index contributed by atoms with van der Waals surface area (Å²) < 4.78 is 0. The van der Waals surface area contributed by atoms with Gasteiger partial charge in [-0.25, -0.2) is 0 Å². The van der Waals surface area contributed by atoms with Gasteiger partial charge in [0.1, 0.15) is 0 Å². The fourth-order valence-electron chi connectivity index (χ4n) is 0.447. The average molecular weight is 155 g/mol. The minimum Gasteiger partial charge on any atom is -0.255 e. The quantitative estimate of drug-likeness (QED) is 0.472. The van der Waals surface area contributed by atoms with Crippen LogP contribution in [-0.2, 0) is 0 Å². The maximum atomic E-state index is 4.55. The van der Waals surface area contributed by atoms with E-state index in [9.17, 15) is 0 Å². The highest BCUT2D eigenvalue weighted by atomic mass is 32.1. The topological polar surface area (TPSA) is 12.4 Å². The smallest absolute Gasteiger partial charge is 0.0736 e. The third kappa shape index (κ3) is 2.03. The molecule has 1 aromatic heterocycles. The lowest BCUT2D eigenvalue weighted by Gasteiger charge is -1.76. The van der Waals surface area contributed by atoms with Crippen LogP contribution in [0.5, 0.6) is 0 Å². The molecule has 0 aromatic carbocycles. The van der Waals surface area contributed by atoms with E-state index in [0.717, 1.165) is 5.69 Å². The van der Waals surface area contributed by atoms with Crippen LogP contribution in [0, 0.1) is 0 Å². The standard InChI is InChI=1S/C6H5NS2/c8-3-2-7-6-1-4-9-5-6/h1-5H. The summed E-state index contributed by atoms with van der Waals surface area (Å²) in [5.41, 5.74) is 0.973. The maximum Gasteiger partial charge on any atom is 0.0736 e. The van der Waals surface area contributed by atoms with E-state index in [1.165, 1.54) is 5.37 Å². The number of thiocarbonyl (C=S) groups is 1. The summed E-state index contributed by atoms with van der Waals surface area (Å²) in [6, 6.07) is 1.94. The van der Waals surface area contributed by atoms with Gasteiger partial charge in [-0.3, -0.25) is 4.99 Å². The minimum atomic E-state index is 0.973. The molecule has 0 atom stereocenters. The molecule has 0 N–H and O–H groups in total. The van der Waals surface area contributed by atoms with Crippen molar-refractivity contribution in [3.63, 3.8) is 0 Å². The predicted octanol–water partition coefficient (Wildman–Crippen LogP) is 2.45. The van der Waals surface area contributed by atoms with Crippen LogP contribution in [0.1, 0.15) is 0 Å². The fraction of sp³-hybridized carbons (Fsp3) is 0. The normalized spacial score (nSPS) is 10.2. The molecule has 0 radical (unpaired) electrons. The molecule has 1 rings (SSSR count). The zero-order chi connectivity index (χ0) is 6.53. The number of rotatable bonds is 2. The van der Waals surface area contributed by atoms with E-state index in [4.69, 9.17) is 0 Å². The first-order valence-corrected chi connectivity index (χ1v) is 3.85. The molecule has 0 saturated heterocycles. The second kappa shape index (κ2) is 3.48. The van der Waals surface area contributed by atoms with Crippen LogP contribution in [0.2, 0.25) is 0 Å². The molecule has 0 unspecified atom stereocenters. The first-order chi connectivity index (χ1) is 4.43. The Balaban J connectivity index is 2.67. The van der Waals surface area contributed by atoms with Gasteiger partial charge in [-0.2, -0.15) is 11.3 Å². The number of nitrogens with zero attached hydrogens (tertiary/aromatic N) is 1. The van der Waals surface area contributed by atoms with E-state index in [-0.39, 0.29) is 0 Å². The van der Waals surface area contributed by atoms with Crippen molar-refractivity contribution in [2.24, 2.45) is 4.99 Å². The van der Waals surface area contributed by atoms with Gasteiger partial charge in [0.15, 0.2) is 0 Å². The Kier molecular flexibility index (Phi) is 2.54. The van der Waals surface area contributed by atoms with Crippen LogP contribution in [0.25, 0.3) is 0 Å². The Morgan fingerprint density at radius 1 is 1.67 bits per heavy atom. The molecular weight excluding hydrogens is 150 g/mol. The molecule has 0 fully saturated rings. The van der Waals surface area contributed by atoms with Crippen LogP contribution in [0.3, 0.4) is 0 Å². The molecule has 1 nitrogen and oxygen atoms in total.